The summed E-state index contributed by atoms with van der Waals surface area (Å²) in [5.41, 5.74) is 1.14. The van der Waals surface area contributed by atoms with Crippen molar-refractivity contribution in [2.75, 3.05) is 39.3 Å². The van der Waals surface area contributed by atoms with Crippen LogP contribution in [0.2, 0.25) is 0 Å². The number of imidazole rings is 1. The van der Waals surface area contributed by atoms with Gasteiger partial charge in [-0.25, -0.2) is 16.2 Å². The molecule has 302 valence electrons. The van der Waals surface area contributed by atoms with Gasteiger partial charge in [-0.05, 0) is 68.7 Å². The molecule has 5 aromatic rings. The number of ether oxygens (including phenoxy) is 3. The third kappa shape index (κ3) is 10.1. The number of rotatable bonds is 20. The number of fused-ring (bicyclic) bond motifs is 1. The summed E-state index contributed by atoms with van der Waals surface area (Å²) < 4.78 is 34.8. The normalized spacial score (nSPS) is 12.4. The van der Waals surface area contributed by atoms with E-state index in [2.05, 4.69) is 47.5 Å². The Bertz CT molecular complexity index is 2110. The second kappa shape index (κ2) is 19.8. The summed E-state index contributed by atoms with van der Waals surface area (Å²) in [5.74, 6) is 1.15. The van der Waals surface area contributed by atoms with Crippen molar-refractivity contribution >= 4 is 31.5 Å². The summed E-state index contributed by atoms with van der Waals surface area (Å²) in [5, 5.41) is 2.72. The largest absolute Gasteiger partial charge is 0.497 e. The topological polar surface area (TPSA) is 146 Å². The quantitative estimate of drug-likeness (QED) is 0.0351. The van der Waals surface area contributed by atoms with Crippen molar-refractivity contribution in [1.29, 1.82) is 0 Å². The van der Waals surface area contributed by atoms with Crippen LogP contribution in [0.15, 0.2) is 83.7 Å². The van der Waals surface area contributed by atoms with Crippen molar-refractivity contribution in [3.05, 3.63) is 123 Å². The van der Waals surface area contributed by atoms with Gasteiger partial charge in [-0.2, -0.15) is 4.98 Å². The van der Waals surface area contributed by atoms with E-state index in [1.807, 2.05) is 78.9 Å². The molecule has 2 aromatic heterocycles. The van der Waals surface area contributed by atoms with Gasteiger partial charge in [0.25, 0.3) is 14.1 Å². The highest BCUT2D eigenvalue weighted by Crippen LogP contribution is 2.46. The zero-order valence-electron chi connectivity index (χ0n) is 33.8. The van der Waals surface area contributed by atoms with Crippen LogP contribution in [0.3, 0.4) is 0 Å². The molecule has 15 heteroatoms. The molecule has 0 aliphatic carbocycles. The molecule has 0 fully saturated rings. The Morgan fingerprint density at radius 2 is 1.42 bits per heavy atom. The number of hydrogen-bond acceptors (Lipinski definition) is 10. The first kappa shape index (κ1) is 43.0. The Kier molecular flexibility index (Phi) is 14.9. The van der Waals surface area contributed by atoms with Crippen LogP contribution >= 0.6 is 8.53 Å². The van der Waals surface area contributed by atoms with Crippen LogP contribution in [-0.4, -0.2) is 76.2 Å². The number of carbonyl (C=O) groups is 1. The second-order valence-electron chi connectivity index (χ2n) is 14.1. The number of hydrogen-bond donors (Lipinski definition) is 2. The Hall–Kier alpha value is -5.16. The molecule has 0 saturated heterocycles. The van der Waals surface area contributed by atoms with Gasteiger partial charge in [0, 0.05) is 24.5 Å². The molecule has 3 aromatic carbocycles. The standard InChI is InChI=1S/C42H52N7O7P/c1-28(2)39(50)46-41-45-38-37(40(51)47-41)44-36(48(38)24-26-56-57(55-25-23-43-7)49(29(3)4)30(5)6)27-54-42(31-13-11-10-12-14-31,32-15-19-34(52-8)20-16-32)33-17-21-35(53-9)22-18-33/h10-22,28-30H,23-27H2,1-6,8-9H3,(H2,45,46,47,50,51). The van der Waals surface area contributed by atoms with Crippen molar-refractivity contribution in [3.8, 4) is 11.5 Å². The molecule has 0 radical (unpaired) electrons. The van der Waals surface area contributed by atoms with Crippen LogP contribution < -0.4 is 20.3 Å². The van der Waals surface area contributed by atoms with Gasteiger partial charge in [0.15, 0.2) is 11.2 Å². The highest BCUT2D eigenvalue weighted by molar-refractivity contribution is 7.44. The fourth-order valence-electron chi connectivity index (χ4n) is 6.49. The summed E-state index contributed by atoms with van der Waals surface area (Å²) >= 11 is 0. The highest BCUT2D eigenvalue weighted by atomic mass is 31.2. The van der Waals surface area contributed by atoms with Gasteiger partial charge in [0.1, 0.15) is 36.1 Å². The van der Waals surface area contributed by atoms with Crippen LogP contribution in [-0.2, 0) is 37.3 Å². The molecule has 57 heavy (non-hydrogen) atoms. The molecule has 14 nitrogen and oxygen atoms in total. The number of nitrogens with one attached hydrogen (secondary N) is 2. The average molecular weight is 798 g/mol. The summed E-state index contributed by atoms with van der Waals surface area (Å²) in [6.45, 7) is 19.8. The molecular weight excluding hydrogens is 745 g/mol. The van der Waals surface area contributed by atoms with Crippen molar-refractivity contribution in [3.63, 3.8) is 0 Å². The predicted octanol–water partition coefficient (Wildman–Crippen LogP) is 7.54. The highest BCUT2D eigenvalue weighted by Gasteiger charge is 2.39. The SMILES string of the molecule is [C-]#[N+]CCOP(OCCn1c(COC(c2ccccc2)(c2ccc(OC)cc2)c2ccc(OC)cc2)nc2c(=O)[nH]c(NC(=O)C(C)C)nc21)N(C(C)C)C(C)C. The molecule has 0 aliphatic heterocycles. The third-order valence-corrected chi connectivity index (χ3v) is 11.3. The van der Waals surface area contributed by atoms with Crippen LogP contribution in [0.25, 0.3) is 16.0 Å². The molecule has 1 amide bonds. The van der Waals surface area contributed by atoms with Crippen LogP contribution in [0, 0.1) is 12.5 Å². The van der Waals surface area contributed by atoms with E-state index in [9.17, 15) is 9.59 Å². The molecule has 0 saturated carbocycles. The van der Waals surface area contributed by atoms with Gasteiger partial charge in [0.05, 0.1) is 20.8 Å². The number of aromatic amines is 1. The lowest BCUT2D eigenvalue weighted by atomic mass is 9.80. The second-order valence-corrected chi connectivity index (χ2v) is 15.5. The Morgan fingerprint density at radius 3 is 1.95 bits per heavy atom. The zero-order chi connectivity index (χ0) is 41.1. The molecule has 0 aliphatic rings. The van der Waals surface area contributed by atoms with E-state index in [0.717, 1.165) is 16.7 Å². The minimum Gasteiger partial charge on any atom is -0.497 e. The maximum atomic E-state index is 13.6. The predicted molar refractivity (Wildman–Crippen MR) is 221 cm³/mol. The zero-order valence-corrected chi connectivity index (χ0v) is 34.7. The summed E-state index contributed by atoms with van der Waals surface area (Å²) in [6, 6.07) is 25.5. The maximum absolute atomic E-state index is 13.6. The van der Waals surface area contributed by atoms with Gasteiger partial charge in [-0.1, -0.05) is 68.4 Å². The van der Waals surface area contributed by atoms with Gasteiger partial charge in [0.2, 0.25) is 18.4 Å². The van der Waals surface area contributed by atoms with Crippen LogP contribution in [0.4, 0.5) is 5.95 Å². The minimum atomic E-state index is -1.55. The first-order valence-corrected chi connectivity index (χ1v) is 20.0. The summed E-state index contributed by atoms with van der Waals surface area (Å²) in [7, 11) is 1.69. The Balaban J connectivity index is 1.63. The molecule has 2 heterocycles. The summed E-state index contributed by atoms with van der Waals surface area (Å²) in [4.78, 5) is 41.9. The van der Waals surface area contributed by atoms with E-state index in [4.69, 9.17) is 39.8 Å². The minimum absolute atomic E-state index is 0.00588. The monoisotopic (exact) mass is 797 g/mol. The van der Waals surface area contributed by atoms with E-state index >= 15 is 0 Å². The summed E-state index contributed by atoms with van der Waals surface area (Å²) in [6.07, 6.45) is 0. The van der Waals surface area contributed by atoms with E-state index in [0.29, 0.717) is 17.3 Å². The Morgan fingerprint density at radius 1 is 0.860 bits per heavy atom. The van der Waals surface area contributed by atoms with Crippen molar-refractivity contribution in [1.82, 2.24) is 24.2 Å². The molecule has 5 rings (SSSR count). The number of carbonyl (C=O) groups excluding carboxylic acids is 1. The van der Waals surface area contributed by atoms with E-state index in [1.165, 1.54) is 0 Å². The number of aromatic nitrogens is 4. The average Bonchev–Trinajstić information content (AvgIpc) is 3.56. The van der Waals surface area contributed by atoms with Gasteiger partial charge >= 0.3 is 0 Å². The van der Waals surface area contributed by atoms with Gasteiger partial charge < -0.3 is 32.7 Å². The van der Waals surface area contributed by atoms with Crippen molar-refractivity contribution in [2.24, 2.45) is 5.92 Å². The van der Waals surface area contributed by atoms with Gasteiger partial charge in [-0.15, -0.1) is 0 Å². The lowest BCUT2D eigenvalue weighted by Gasteiger charge is -2.36. The number of amides is 1. The van der Waals surface area contributed by atoms with E-state index in [1.54, 1.807) is 32.6 Å². The molecule has 1 atom stereocenters. The Labute approximate surface area is 335 Å². The number of methoxy groups -OCH3 is 2. The van der Waals surface area contributed by atoms with E-state index in [-0.39, 0.29) is 73.9 Å². The molecule has 0 spiro atoms. The first-order valence-electron chi connectivity index (χ1n) is 18.9. The number of anilines is 1. The van der Waals surface area contributed by atoms with Crippen LogP contribution in [0.1, 0.15) is 64.1 Å². The lowest BCUT2D eigenvalue weighted by molar-refractivity contribution is -0.118. The van der Waals surface area contributed by atoms with Gasteiger partial charge in [-0.3, -0.25) is 19.9 Å². The third-order valence-electron chi connectivity index (χ3n) is 9.21. The maximum Gasteiger partial charge on any atom is 0.280 e. The molecule has 2 N–H and O–H groups in total. The van der Waals surface area contributed by atoms with Crippen molar-refractivity contribution in [2.45, 2.75) is 72.4 Å². The number of H-pyrrole nitrogens is 1. The van der Waals surface area contributed by atoms with Crippen LogP contribution in [0.5, 0.6) is 11.5 Å². The van der Waals surface area contributed by atoms with E-state index < -0.39 is 19.7 Å². The number of nitrogens with zero attached hydrogens (tertiary/aromatic N) is 5. The molecular formula is C42H52N7O7P. The fourth-order valence-corrected chi connectivity index (χ4v) is 8.06. The number of benzene rings is 3. The first-order chi connectivity index (χ1) is 27.4. The smallest absolute Gasteiger partial charge is 0.280 e. The molecule has 0 bridgehead atoms. The molecule has 1 unspecified atom stereocenters. The van der Waals surface area contributed by atoms with Crippen molar-refractivity contribution < 1.29 is 28.1 Å². The fraction of sp³-hybridized carbons (Fsp3) is 0.405. The lowest BCUT2D eigenvalue weighted by Crippen LogP contribution is -2.34.